The number of aromatic nitrogens is 2. The Bertz CT molecular complexity index is 719. The summed E-state index contributed by atoms with van der Waals surface area (Å²) in [6, 6.07) is 10.6. The molecule has 3 aromatic rings. The van der Waals surface area contributed by atoms with Crippen LogP contribution < -0.4 is 4.90 Å². The largest absolute Gasteiger partial charge is 0.418 e. The summed E-state index contributed by atoms with van der Waals surface area (Å²) in [5.74, 6) is -0.128. The average molecular weight is 257 g/mol. The van der Waals surface area contributed by atoms with E-state index in [-0.39, 0.29) is 5.71 Å². The minimum absolute atomic E-state index is 0.215. The van der Waals surface area contributed by atoms with Crippen LogP contribution in [0.5, 0.6) is 0 Å². The summed E-state index contributed by atoms with van der Waals surface area (Å²) in [6.07, 6.45) is 0. The van der Waals surface area contributed by atoms with Gasteiger partial charge in [0.2, 0.25) is 17.6 Å². The maximum Gasteiger partial charge on any atom is 0.250 e. The minimum Gasteiger partial charge on any atom is -0.418 e. The SMILES string of the molecule is CN(C)c1ccc(-c2nc3ccc(F)nc3o2)cc1. The first-order valence-corrected chi connectivity index (χ1v) is 5.84. The number of fused-ring (bicyclic) bond motifs is 1. The summed E-state index contributed by atoms with van der Waals surface area (Å²) in [5, 5.41) is 0. The Kier molecular flexibility index (Phi) is 2.67. The predicted molar refractivity (Wildman–Crippen MR) is 71.5 cm³/mol. The van der Waals surface area contributed by atoms with Gasteiger partial charge in [0.1, 0.15) is 5.52 Å². The highest BCUT2D eigenvalue weighted by Crippen LogP contribution is 2.25. The second-order valence-electron chi connectivity index (χ2n) is 4.42. The van der Waals surface area contributed by atoms with Crippen molar-refractivity contribution in [2.75, 3.05) is 19.0 Å². The zero-order chi connectivity index (χ0) is 13.4. The van der Waals surface area contributed by atoms with Crippen molar-refractivity contribution in [1.82, 2.24) is 9.97 Å². The molecule has 0 bridgehead atoms. The van der Waals surface area contributed by atoms with E-state index >= 15 is 0 Å². The van der Waals surface area contributed by atoms with E-state index in [9.17, 15) is 4.39 Å². The number of benzene rings is 1. The van der Waals surface area contributed by atoms with Crippen molar-refractivity contribution < 1.29 is 8.81 Å². The van der Waals surface area contributed by atoms with E-state index in [1.54, 1.807) is 6.07 Å². The molecule has 2 aromatic heterocycles. The van der Waals surface area contributed by atoms with E-state index in [4.69, 9.17) is 4.42 Å². The fourth-order valence-corrected chi connectivity index (χ4v) is 1.82. The van der Waals surface area contributed by atoms with Gasteiger partial charge in [-0.2, -0.15) is 9.37 Å². The molecule has 3 rings (SSSR count). The molecule has 19 heavy (non-hydrogen) atoms. The molecule has 0 aliphatic rings. The topological polar surface area (TPSA) is 42.2 Å². The van der Waals surface area contributed by atoms with E-state index in [1.807, 2.05) is 43.3 Å². The van der Waals surface area contributed by atoms with E-state index in [0.29, 0.717) is 11.4 Å². The Morgan fingerprint density at radius 2 is 1.74 bits per heavy atom. The Morgan fingerprint density at radius 1 is 1.00 bits per heavy atom. The lowest BCUT2D eigenvalue weighted by molar-refractivity contribution is 0.559. The van der Waals surface area contributed by atoms with Crippen LogP contribution in [0.3, 0.4) is 0 Å². The van der Waals surface area contributed by atoms with Gasteiger partial charge in [-0.05, 0) is 36.4 Å². The summed E-state index contributed by atoms with van der Waals surface area (Å²) in [4.78, 5) is 9.96. The quantitative estimate of drug-likeness (QED) is 0.661. The Labute approximate surface area is 109 Å². The molecule has 0 fully saturated rings. The molecule has 1 aromatic carbocycles. The first kappa shape index (κ1) is 11.6. The standard InChI is InChI=1S/C14H12FN3O/c1-18(2)10-5-3-9(4-6-10)13-16-11-7-8-12(15)17-14(11)19-13/h3-8H,1-2H3. The van der Waals surface area contributed by atoms with Crippen LogP contribution in [0.1, 0.15) is 0 Å². The van der Waals surface area contributed by atoms with Crippen molar-refractivity contribution >= 4 is 16.9 Å². The van der Waals surface area contributed by atoms with Crippen LogP contribution in [-0.4, -0.2) is 24.1 Å². The van der Waals surface area contributed by atoms with Crippen LogP contribution in [0.15, 0.2) is 40.8 Å². The van der Waals surface area contributed by atoms with Gasteiger partial charge in [0, 0.05) is 25.3 Å². The fraction of sp³-hybridized carbons (Fsp3) is 0.143. The summed E-state index contributed by atoms with van der Waals surface area (Å²) in [6.45, 7) is 0. The molecule has 96 valence electrons. The Morgan fingerprint density at radius 3 is 2.42 bits per heavy atom. The predicted octanol–water partition coefficient (Wildman–Crippen LogP) is 3.09. The molecule has 0 unspecified atom stereocenters. The minimum atomic E-state index is -0.571. The van der Waals surface area contributed by atoms with E-state index in [0.717, 1.165) is 11.3 Å². The highest BCUT2D eigenvalue weighted by Gasteiger charge is 2.10. The third-order valence-corrected chi connectivity index (χ3v) is 2.85. The lowest BCUT2D eigenvalue weighted by Gasteiger charge is -2.11. The first-order valence-electron chi connectivity index (χ1n) is 5.84. The molecule has 0 aliphatic carbocycles. The number of halogens is 1. The van der Waals surface area contributed by atoms with Crippen molar-refractivity contribution in [2.45, 2.75) is 0 Å². The van der Waals surface area contributed by atoms with Gasteiger partial charge < -0.3 is 9.32 Å². The summed E-state index contributed by atoms with van der Waals surface area (Å²) in [5.41, 5.74) is 2.69. The van der Waals surface area contributed by atoms with Crippen LogP contribution in [0.4, 0.5) is 10.1 Å². The monoisotopic (exact) mass is 257 g/mol. The Hall–Kier alpha value is -2.43. The number of anilines is 1. The average Bonchev–Trinajstić information content (AvgIpc) is 2.81. The normalized spacial score (nSPS) is 10.9. The van der Waals surface area contributed by atoms with Crippen LogP contribution in [-0.2, 0) is 0 Å². The van der Waals surface area contributed by atoms with E-state index in [2.05, 4.69) is 9.97 Å². The summed E-state index contributed by atoms with van der Waals surface area (Å²) < 4.78 is 18.4. The fourth-order valence-electron chi connectivity index (χ4n) is 1.82. The Balaban J connectivity index is 2.03. The summed E-state index contributed by atoms with van der Waals surface area (Å²) >= 11 is 0. The zero-order valence-electron chi connectivity index (χ0n) is 10.6. The maximum atomic E-state index is 13.0. The van der Waals surface area contributed by atoms with Gasteiger partial charge in [-0.1, -0.05) is 0 Å². The molecular formula is C14H12FN3O. The molecule has 0 atom stereocenters. The highest BCUT2D eigenvalue weighted by atomic mass is 19.1. The number of rotatable bonds is 2. The molecule has 4 nitrogen and oxygen atoms in total. The van der Waals surface area contributed by atoms with E-state index in [1.165, 1.54) is 6.07 Å². The third-order valence-electron chi connectivity index (χ3n) is 2.85. The number of hydrogen-bond acceptors (Lipinski definition) is 4. The van der Waals surface area contributed by atoms with Crippen LogP contribution in [0, 0.1) is 5.95 Å². The van der Waals surface area contributed by atoms with Gasteiger partial charge in [0.15, 0.2) is 0 Å². The molecule has 0 N–H and O–H groups in total. The maximum absolute atomic E-state index is 13.0. The molecule has 0 aliphatic heterocycles. The molecule has 0 saturated heterocycles. The van der Waals surface area contributed by atoms with Crippen molar-refractivity contribution in [3.63, 3.8) is 0 Å². The molecule has 2 heterocycles. The number of oxazole rings is 1. The van der Waals surface area contributed by atoms with Crippen molar-refractivity contribution in [2.24, 2.45) is 0 Å². The number of pyridine rings is 1. The number of hydrogen-bond donors (Lipinski definition) is 0. The lowest BCUT2D eigenvalue weighted by atomic mass is 10.2. The third kappa shape index (κ3) is 2.14. The van der Waals surface area contributed by atoms with Gasteiger partial charge >= 0.3 is 0 Å². The van der Waals surface area contributed by atoms with Crippen LogP contribution in [0.25, 0.3) is 22.7 Å². The molecule has 0 radical (unpaired) electrons. The second kappa shape index (κ2) is 4.35. The van der Waals surface area contributed by atoms with Gasteiger partial charge in [0.25, 0.3) is 0 Å². The van der Waals surface area contributed by atoms with Crippen molar-refractivity contribution in [1.29, 1.82) is 0 Å². The van der Waals surface area contributed by atoms with Gasteiger partial charge in [-0.3, -0.25) is 0 Å². The van der Waals surface area contributed by atoms with Gasteiger partial charge in [-0.25, -0.2) is 4.98 Å². The summed E-state index contributed by atoms with van der Waals surface area (Å²) in [7, 11) is 3.95. The first-order chi connectivity index (χ1) is 9.13. The van der Waals surface area contributed by atoms with Gasteiger partial charge in [0.05, 0.1) is 0 Å². The molecule has 5 heteroatoms. The zero-order valence-corrected chi connectivity index (χ0v) is 10.6. The van der Waals surface area contributed by atoms with Crippen LogP contribution >= 0.6 is 0 Å². The number of nitrogens with zero attached hydrogens (tertiary/aromatic N) is 3. The molecule has 0 amide bonds. The highest BCUT2D eigenvalue weighted by molar-refractivity contribution is 5.72. The molecular weight excluding hydrogens is 245 g/mol. The molecule has 0 saturated carbocycles. The van der Waals surface area contributed by atoms with Crippen LogP contribution in [0.2, 0.25) is 0 Å². The second-order valence-corrected chi connectivity index (χ2v) is 4.42. The lowest BCUT2D eigenvalue weighted by Crippen LogP contribution is -2.07. The molecule has 0 spiro atoms. The van der Waals surface area contributed by atoms with Crippen molar-refractivity contribution in [3.8, 4) is 11.5 Å². The van der Waals surface area contributed by atoms with E-state index < -0.39 is 5.95 Å². The van der Waals surface area contributed by atoms with Gasteiger partial charge in [-0.15, -0.1) is 0 Å². The smallest absolute Gasteiger partial charge is 0.250 e. The van der Waals surface area contributed by atoms with Crippen molar-refractivity contribution in [3.05, 3.63) is 42.3 Å².